The summed E-state index contributed by atoms with van der Waals surface area (Å²) in [5, 5.41) is 19.1. The molecule has 0 aliphatic rings. The van der Waals surface area contributed by atoms with Crippen LogP contribution < -0.4 is 5.32 Å². The number of hydrogen-bond acceptors (Lipinski definition) is 7. The first-order chi connectivity index (χ1) is 14.0. The van der Waals surface area contributed by atoms with Gasteiger partial charge in [-0.05, 0) is 6.92 Å². The van der Waals surface area contributed by atoms with Crippen LogP contribution in [0.4, 0.5) is 5.13 Å². The van der Waals surface area contributed by atoms with E-state index in [2.05, 4.69) is 56.8 Å². The maximum absolute atomic E-state index is 12.1. The summed E-state index contributed by atoms with van der Waals surface area (Å²) in [5.74, 6) is 0.802. The third-order valence-electron chi connectivity index (χ3n) is 4.24. The number of carbonyl (C=O) groups excluding carboxylic acids is 1. The Morgan fingerprint density at radius 2 is 2.00 bits per heavy atom. The zero-order valence-corrected chi connectivity index (χ0v) is 17.8. The molecule has 0 aliphatic heterocycles. The highest BCUT2D eigenvalue weighted by atomic mass is 32.2. The van der Waals surface area contributed by atoms with Crippen molar-refractivity contribution in [1.82, 2.24) is 29.5 Å². The molecule has 0 spiro atoms. The van der Waals surface area contributed by atoms with E-state index in [1.807, 2.05) is 30.2 Å². The Bertz CT molecular complexity index is 1130. The highest BCUT2D eigenvalue weighted by Crippen LogP contribution is 2.31. The van der Waals surface area contributed by atoms with Gasteiger partial charge in [-0.2, -0.15) is 5.10 Å². The molecular weight excluding hydrogens is 406 g/mol. The monoisotopic (exact) mass is 425 g/mol. The van der Waals surface area contributed by atoms with E-state index in [1.165, 1.54) is 28.7 Å². The molecule has 1 amide bonds. The van der Waals surface area contributed by atoms with Gasteiger partial charge in [0, 0.05) is 37.4 Å². The molecule has 0 unspecified atom stereocenters. The van der Waals surface area contributed by atoms with Crippen LogP contribution in [-0.2, 0) is 18.9 Å². The van der Waals surface area contributed by atoms with Crippen LogP contribution in [0.15, 0.2) is 47.2 Å². The molecule has 8 nitrogen and oxygen atoms in total. The minimum atomic E-state index is -0.128. The number of benzene rings is 1. The van der Waals surface area contributed by atoms with Crippen LogP contribution in [0.25, 0.3) is 22.6 Å². The van der Waals surface area contributed by atoms with Gasteiger partial charge in [-0.1, -0.05) is 41.6 Å². The van der Waals surface area contributed by atoms with Gasteiger partial charge in [-0.25, -0.2) is 4.98 Å². The lowest BCUT2D eigenvalue weighted by molar-refractivity contribution is -0.113. The Kier molecular flexibility index (Phi) is 5.45. The smallest absolute Gasteiger partial charge is 0.236 e. The Balaban J connectivity index is 1.54. The van der Waals surface area contributed by atoms with Crippen LogP contribution in [0.2, 0.25) is 0 Å². The number of thiazole rings is 1. The molecule has 3 heterocycles. The summed E-state index contributed by atoms with van der Waals surface area (Å²) in [6, 6.07) is 8.23. The molecular formula is C19H19N7OS2. The van der Waals surface area contributed by atoms with Gasteiger partial charge in [0.1, 0.15) is 5.69 Å². The van der Waals surface area contributed by atoms with Gasteiger partial charge >= 0.3 is 0 Å². The molecule has 3 aromatic heterocycles. The highest BCUT2D eigenvalue weighted by Gasteiger charge is 2.19. The van der Waals surface area contributed by atoms with E-state index in [9.17, 15) is 4.79 Å². The van der Waals surface area contributed by atoms with E-state index in [4.69, 9.17) is 0 Å². The topological polar surface area (TPSA) is 90.5 Å². The number of aromatic nitrogens is 6. The van der Waals surface area contributed by atoms with Crippen LogP contribution in [0.3, 0.4) is 0 Å². The number of carbonyl (C=O) groups is 1. The fraction of sp³-hybridized carbons (Fsp3) is 0.211. The predicted octanol–water partition coefficient (Wildman–Crippen LogP) is 3.38. The van der Waals surface area contributed by atoms with E-state index < -0.39 is 0 Å². The Hall–Kier alpha value is -2.98. The van der Waals surface area contributed by atoms with E-state index in [0.717, 1.165) is 16.8 Å². The standard InChI is InChI=1S/C19H19N7OS2/c1-12-4-6-13(7-5-12)16-14(10-25(2)24-16)17-22-23-19(26(17)3)29-11-15(27)21-18-20-8-9-28-18/h4-10H,11H2,1-3H3,(H,20,21,27). The largest absolute Gasteiger partial charge is 0.305 e. The quantitative estimate of drug-likeness (QED) is 0.476. The van der Waals surface area contributed by atoms with Crippen molar-refractivity contribution in [3.05, 3.63) is 47.6 Å². The summed E-state index contributed by atoms with van der Waals surface area (Å²) in [6.45, 7) is 2.06. The Morgan fingerprint density at radius 1 is 1.21 bits per heavy atom. The molecule has 4 rings (SSSR count). The SMILES string of the molecule is Cc1ccc(-c2nn(C)cc2-c2nnc(SCC(=O)Nc3nccs3)n2C)cc1. The summed E-state index contributed by atoms with van der Waals surface area (Å²) in [6.07, 6.45) is 3.59. The first-order valence-electron chi connectivity index (χ1n) is 8.84. The van der Waals surface area contributed by atoms with Gasteiger partial charge in [0.25, 0.3) is 0 Å². The number of nitrogens with one attached hydrogen (secondary N) is 1. The molecule has 0 aliphatic carbocycles. The van der Waals surface area contributed by atoms with E-state index in [-0.39, 0.29) is 11.7 Å². The first kappa shape index (κ1) is 19.3. The summed E-state index contributed by atoms with van der Waals surface area (Å²) in [5.41, 5.74) is 3.96. The Labute approximate surface area is 176 Å². The lowest BCUT2D eigenvalue weighted by Gasteiger charge is -2.05. The van der Waals surface area contributed by atoms with Gasteiger partial charge in [0.05, 0.1) is 11.3 Å². The molecule has 29 heavy (non-hydrogen) atoms. The zero-order valence-electron chi connectivity index (χ0n) is 16.2. The van der Waals surface area contributed by atoms with Crippen LogP contribution in [0.5, 0.6) is 0 Å². The number of aryl methyl sites for hydroxylation is 2. The number of rotatable bonds is 6. The average molecular weight is 426 g/mol. The minimum absolute atomic E-state index is 0.128. The Morgan fingerprint density at radius 3 is 2.72 bits per heavy atom. The molecule has 0 atom stereocenters. The van der Waals surface area contributed by atoms with Crippen molar-refractivity contribution in [1.29, 1.82) is 0 Å². The average Bonchev–Trinajstić information content (AvgIpc) is 3.42. The molecule has 4 aromatic rings. The van der Waals surface area contributed by atoms with Gasteiger partial charge < -0.3 is 9.88 Å². The van der Waals surface area contributed by atoms with Crippen molar-refractivity contribution in [3.8, 4) is 22.6 Å². The van der Waals surface area contributed by atoms with Gasteiger partial charge in [0.2, 0.25) is 5.91 Å². The first-order valence-corrected chi connectivity index (χ1v) is 10.7. The highest BCUT2D eigenvalue weighted by molar-refractivity contribution is 7.99. The van der Waals surface area contributed by atoms with Crippen LogP contribution >= 0.6 is 23.1 Å². The van der Waals surface area contributed by atoms with E-state index in [1.54, 1.807) is 10.9 Å². The lowest BCUT2D eigenvalue weighted by atomic mass is 10.1. The van der Waals surface area contributed by atoms with Crippen molar-refractivity contribution in [3.63, 3.8) is 0 Å². The third-order valence-corrected chi connectivity index (χ3v) is 5.95. The lowest BCUT2D eigenvalue weighted by Crippen LogP contribution is -2.14. The number of nitrogens with zero attached hydrogens (tertiary/aromatic N) is 6. The summed E-state index contributed by atoms with van der Waals surface area (Å²) >= 11 is 2.72. The molecule has 0 fully saturated rings. The summed E-state index contributed by atoms with van der Waals surface area (Å²) < 4.78 is 3.66. The second kappa shape index (κ2) is 8.18. The molecule has 148 valence electrons. The molecule has 10 heteroatoms. The third kappa shape index (κ3) is 4.22. The fourth-order valence-corrected chi connectivity index (χ4v) is 4.08. The second-order valence-electron chi connectivity index (χ2n) is 6.47. The van der Waals surface area contributed by atoms with E-state index in [0.29, 0.717) is 16.1 Å². The summed E-state index contributed by atoms with van der Waals surface area (Å²) in [4.78, 5) is 16.2. The fourth-order valence-electron chi connectivity index (χ4n) is 2.82. The molecule has 1 aromatic carbocycles. The molecule has 0 saturated carbocycles. The molecule has 0 bridgehead atoms. The van der Waals surface area contributed by atoms with E-state index >= 15 is 0 Å². The molecule has 0 radical (unpaired) electrons. The summed E-state index contributed by atoms with van der Waals surface area (Å²) in [7, 11) is 3.78. The maximum atomic E-state index is 12.1. The van der Waals surface area contributed by atoms with Crippen molar-refractivity contribution in [2.45, 2.75) is 12.1 Å². The number of anilines is 1. The van der Waals surface area contributed by atoms with Crippen LogP contribution in [0.1, 0.15) is 5.56 Å². The number of amides is 1. The number of hydrogen-bond donors (Lipinski definition) is 1. The maximum Gasteiger partial charge on any atom is 0.236 e. The molecule has 1 N–H and O–H groups in total. The van der Waals surface area contributed by atoms with Crippen molar-refractivity contribution >= 4 is 34.1 Å². The van der Waals surface area contributed by atoms with Gasteiger partial charge in [0.15, 0.2) is 16.1 Å². The van der Waals surface area contributed by atoms with Crippen molar-refractivity contribution in [2.24, 2.45) is 14.1 Å². The van der Waals surface area contributed by atoms with Crippen molar-refractivity contribution in [2.75, 3.05) is 11.1 Å². The minimum Gasteiger partial charge on any atom is -0.305 e. The van der Waals surface area contributed by atoms with Crippen molar-refractivity contribution < 1.29 is 4.79 Å². The zero-order chi connectivity index (χ0) is 20.4. The van der Waals surface area contributed by atoms with Crippen LogP contribution in [-0.4, -0.2) is 41.2 Å². The normalized spacial score (nSPS) is 11.0. The second-order valence-corrected chi connectivity index (χ2v) is 8.31. The van der Waals surface area contributed by atoms with Gasteiger partial charge in [-0.3, -0.25) is 9.48 Å². The van der Waals surface area contributed by atoms with Crippen LogP contribution in [0, 0.1) is 6.92 Å². The van der Waals surface area contributed by atoms with Gasteiger partial charge in [-0.15, -0.1) is 21.5 Å². The number of thioether (sulfide) groups is 1. The predicted molar refractivity (Wildman–Crippen MR) is 115 cm³/mol. The molecule has 0 saturated heterocycles.